The van der Waals surface area contributed by atoms with Crippen LogP contribution in [-0.4, -0.2) is 21.5 Å². The molecule has 0 saturated carbocycles. The van der Waals surface area contributed by atoms with E-state index >= 15 is 0 Å². The molecule has 2 aromatic rings. The van der Waals surface area contributed by atoms with Gasteiger partial charge in [-0.25, -0.2) is 15.0 Å². The van der Waals surface area contributed by atoms with E-state index in [0.717, 1.165) is 41.0 Å². The van der Waals surface area contributed by atoms with Crippen LogP contribution in [0.3, 0.4) is 0 Å². The lowest BCUT2D eigenvalue weighted by Crippen LogP contribution is -2.10. The van der Waals surface area contributed by atoms with Crippen molar-refractivity contribution < 1.29 is 0 Å². The monoisotopic (exact) mass is 291 g/mol. The zero-order chi connectivity index (χ0) is 14.5. The van der Waals surface area contributed by atoms with Gasteiger partial charge in [0.25, 0.3) is 0 Å². The van der Waals surface area contributed by atoms with Crippen LogP contribution in [0.4, 0.5) is 11.6 Å². The summed E-state index contributed by atoms with van der Waals surface area (Å²) < 4.78 is 0. The lowest BCUT2D eigenvalue weighted by molar-refractivity contribution is 0.941. The first-order valence-corrected chi connectivity index (χ1v) is 7.66. The van der Waals surface area contributed by atoms with Gasteiger partial charge in [0.15, 0.2) is 0 Å². The number of aromatic nitrogens is 3. The van der Waals surface area contributed by atoms with E-state index in [1.807, 2.05) is 20.0 Å². The smallest absolute Gasteiger partial charge is 0.135 e. The van der Waals surface area contributed by atoms with Crippen LogP contribution in [0.1, 0.15) is 34.6 Å². The molecule has 0 aliphatic heterocycles. The molecule has 0 radical (unpaired) electrons. The Bertz CT molecular complexity index is 579. The van der Waals surface area contributed by atoms with Crippen LogP contribution in [0.5, 0.6) is 0 Å². The van der Waals surface area contributed by atoms with Crippen molar-refractivity contribution in [3.63, 3.8) is 0 Å². The third kappa shape index (κ3) is 3.66. The molecule has 0 aliphatic rings. The van der Waals surface area contributed by atoms with Crippen LogP contribution in [0, 0.1) is 20.8 Å². The van der Waals surface area contributed by atoms with E-state index in [4.69, 9.17) is 0 Å². The molecule has 0 spiro atoms. The maximum Gasteiger partial charge on any atom is 0.135 e. The van der Waals surface area contributed by atoms with E-state index in [1.165, 1.54) is 4.88 Å². The van der Waals surface area contributed by atoms with Gasteiger partial charge in [0, 0.05) is 23.2 Å². The Morgan fingerprint density at radius 1 is 1.10 bits per heavy atom. The lowest BCUT2D eigenvalue weighted by atomic mass is 10.3. The molecule has 20 heavy (non-hydrogen) atoms. The zero-order valence-corrected chi connectivity index (χ0v) is 13.3. The maximum atomic E-state index is 4.48. The van der Waals surface area contributed by atoms with Crippen molar-refractivity contribution in [2.24, 2.45) is 0 Å². The molecule has 0 aromatic carbocycles. The topological polar surface area (TPSA) is 62.7 Å². The Labute approximate surface area is 123 Å². The largest absolute Gasteiger partial charge is 0.370 e. The number of hydrogen-bond donors (Lipinski definition) is 2. The highest BCUT2D eigenvalue weighted by molar-refractivity contribution is 7.11. The summed E-state index contributed by atoms with van der Waals surface area (Å²) >= 11 is 1.70. The molecule has 0 amide bonds. The highest BCUT2D eigenvalue weighted by atomic mass is 32.1. The van der Waals surface area contributed by atoms with Gasteiger partial charge in [-0.2, -0.15) is 0 Å². The molecular weight excluding hydrogens is 270 g/mol. The van der Waals surface area contributed by atoms with Crippen molar-refractivity contribution in [2.75, 3.05) is 17.2 Å². The Balaban J connectivity index is 2.12. The molecule has 108 valence electrons. The summed E-state index contributed by atoms with van der Waals surface area (Å²) in [7, 11) is 0. The number of thiazole rings is 1. The Kier molecular flexibility index (Phi) is 4.89. The van der Waals surface area contributed by atoms with Gasteiger partial charge in [0.05, 0.1) is 6.54 Å². The fourth-order valence-electron chi connectivity index (χ4n) is 1.86. The first-order chi connectivity index (χ1) is 9.60. The molecular formula is C14H21N5S. The van der Waals surface area contributed by atoms with Crippen molar-refractivity contribution in [2.45, 2.75) is 40.7 Å². The average Bonchev–Trinajstić information content (AvgIpc) is 2.83. The van der Waals surface area contributed by atoms with Gasteiger partial charge in [-0.15, -0.1) is 11.3 Å². The summed E-state index contributed by atoms with van der Waals surface area (Å²) in [6.07, 6.45) is 2.97. The van der Waals surface area contributed by atoms with Crippen LogP contribution < -0.4 is 10.6 Å². The van der Waals surface area contributed by atoms with Gasteiger partial charge in [-0.1, -0.05) is 6.92 Å². The van der Waals surface area contributed by atoms with Crippen molar-refractivity contribution >= 4 is 23.0 Å². The lowest BCUT2D eigenvalue weighted by Gasteiger charge is -2.13. The van der Waals surface area contributed by atoms with E-state index in [1.54, 1.807) is 11.3 Å². The van der Waals surface area contributed by atoms with Crippen molar-refractivity contribution in [3.05, 3.63) is 27.5 Å². The Hall–Kier alpha value is -1.69. The fourth-order valence-corrected chi connectivity index (χ4v) is 2.59. The van der Waals surface area contributed by atoms with Gasteiger partial charge in [0.2, 0.25) is 0 Å². The predicted molar refractivity (Wildman–Crippen MR) is 84.5 cm³/mol. The van der Waals surface area contributed by atoms with Crippen LogP contribution in [0.2, 0.25) is 0 Å². The summed E-state index contributed by atoms with van der Waals surface area (Å²) in [5, 5.41) is 7.77. The van der Waals surface area contributed by atoms with E-state index in [9.17, 15) is 0 Å². The molecule has 2 rings (SSSR count). The second-order valence-electron chi connectivity index (χ2n) is 4.74. The number of nitrogens with zero attached hydrogens (tertiary/aromatic N) is 3. The molecule has 2 N–H and O–H groups in total. The second-order valence-corrected chi connectivity index (χ2v) is 6.06. The zero-order valence-electron chi connectivity index (χ0n) is 12.4. The standard InChI is InChI=1S/C14H21N5S/c1-5-6-15-13-10(3)14(19-11(4)18-13)17-8-12-16-7-9(2)20-12/h7H,5-6,8H2,1-4H3,(H2,15,17,18,19). The third-order valence-electron chi connectivity index (χ3n) is 2.88. The molecule has 0 bridgehead atoms. The highest BCUT2D eigenvalue weighted by Gasteiger charge is 2.09. The van der Waals surface area contributed by atoms with Gasteiger partial charge in [0.1, 0.15) is 22.5 Å². The van der Waals surface area contributed by atoms with E-state index < -0.39 is 0 Å². The Morgan fingerprint density at radius 2 is 1.80 bits per heavy atom. The number of nitrogens with one attached hydrogen (secondary N) is 2. The first-order valence-electron chi connectivity index (χ1n) is 6.84. The second kappa shape index (κ2) is 6.65. The summed E-state index contributed by atoms with van der Waals surface area (Å²) in [6, 6.07) is 0. The summed E-state index contributed by atoms with van der Waals surface area (Å²) in [4.78, 5) is 14.5. The molecule has 0 aliphatic carbocycles. The number of anilines is 2. The van der Waals surface area contributed by atoms with E-state index in [0.29, 0.717) is 6.54 Å². The van der Waals surface area contributed by atoms with Crippen LogP contribution in [0.25, 0.3) is 0 Å². The van der Waals surface area contributed by atoms with Crippen molar-refractivity contribution in [1.82, 2.24) is 15.0 Å². The predicted octanol–water partition coefficient (Wildman–Crippen LogP) is 3.29. The van der Waals surface area contributed by atoms with Gasteiger partial charge < -0.3 is 10.6 Å². The molecule has 6 heteroatoms. The number of rotatable bonds is 6. The van der Waals surface area contributed by atoms with Crippen molar-refractivity contribution in [3.8, 4) is 0 Å². The summed E-state index contributed by atoms with van der Waals surface area (Å²) in [5.41, 5.74) is 1.05. The minimum atomic E-state index is 0.697. The third-order valence-corrected chi connectivity index (χ3v) is 3.79. The molecule has 2 aromatic heterocycles. The first kappa shape index (κ1) is 14.7. The fraction of sp³-hybridized carbons (Fsp3) is 0.500. The minimum Gasteiger partial charge on any atom is -0.370 e. The normalized spacial score (nSPS) is 10.6. The SMILES string of the molecule is CCCNc1nc(C)nc(NCc2ncc(C)s2)c1C. The number of aryl methyl sites for hydroxylation is 2. The highest BCUT2D eigenvalue weighted by Crippen LogP contribution is 2.21. The van der Waals surface area contributed by atoms with Crippen LogP contribution >= 0.6 is 11.3 Å². The summed E-state index contributed by atoms with van der Waals surface area (Å²) in [6.45, 7) is 9.77. The summed E-state index contributed by atoms with van der Waals surface area (Å²) in [5.74, 6) is 2.56. The van der Waals surface area contributed by atoms with Gasteiger partial charge >= 0.3 is 0 Å². The Morgan fingerprint density at radius 3 is 2.40 bits per heavy atom. The van der Waals surface area contributed by atoms with Crippen LogP contribution in [-0.2, 0) is 6.54 Å². The van der Waals surface area contributed by atoms with E-state index in [2.05, 4.69) is 39.4 Å². The van der Waals surface area contributed by atoms with Gasteiger partial charge in [-0.3, -0.25) is 0 Å². The molecule has 0 unspecified atom stereocenters. The molecule has 2 heterocycles. The van der Waals surface area contributed by atoms with Gasteiger partial charge in [-0.05, 0) is 27.2 Å². The molecule has 0 atom stereocenters. The van der Waals surface area contributed by atoms with Crippen LogP contribution in [0.15, 0.2) is 6.20 Å². The number of hydrogen-bond acceptors (Lipinski definition) is 6. The molecule has 0 fully saturated rings. The quantitative estimate of drug-likeness (QED) is 0.855. The molecule has 5 nitrogen and oxygen atoms in total. The maximum absolute atomic E-state index is 4.48. The van der Waals surface area contributed by atoms with Crippen molar-refractivity contribution in [1.29, 1.82) is 0 Å². The van der Waals surface area contributed by atoms with E-state index in [-0.39, 0.29) is 0 Å². The molecule has 0 saturated heterocycles. The minimum absolute atomic E-state index is 0.697. The average molecular weight is 291 g/mol.